The quantitative estimate of drug-likeness (QED) is 0.862. The third-order valence-electron chi connectivity index (χ3n) is 3.76. The average Bonchev–Trinajstić information content (AvgIpc) is 2.39. The van der Waals surface area contributed by atoms with Crippen molar-refractivity contribution in [1.29, 1.82) is 0 Å². The zero-order valence-corrected chi connectivity index (χ0v) is 11.3. The lowest BCUT2D eigenvalue weighted by Crippen LogP contribution is -2.27. The van der Waals surface area contributed by atoms with Gasteiger partial charge in [-0.2, -0.15) is 0 Å². The lowest BCUT2D eigenvalue weighted by molar-refractivity contribution is 0.460. The van der Waals surface area contributed by atoms with E-state index in [1.54, 1.807) is 5.56 Å². The Bertz CT molecular complexity index is 365. The molecule has 0 unspecified atom stereocenters. The summed E-state index contributed by atoms with van der Waals surface area (Å²) in [5, 5.41) is 3.45. The minimum atomic E-state index is 0.736. The van der Waals surface area contributed by atoms with E-state index >= 15 is 0 Å². The summed E-state index contributed by atoms with van der Waals surface area (Å²) in [5.41, 5.74) is 4.41. The molecule has 1 N–H and O–H groups in total. The first kappa shape index (κ1) is 12.4. The minimum Gasteiger partial charge on any atom is -0.377 e. The van der Waals surface area contributed by atoms with Gasteiger partial charge in [0.05, 0.1) is 0 Å². The largest absolute Gasteiger partial charge is 0.377 e. The molecule has 2 rings (SSSR count). The SMILES string of the molecule is CCc1ccc(N(C)C)c(C2CCNCC2)c1. The van der Waals surface area contributed by atoms with Gasteiger partial charge in [0.15, 0.2) is 0 Å². The van der Waals surface area contributed by atoms with Crippen LogP contribution in [0.3, 0.4) is 0 Å². The van der Waals surface area contributed by atoms with E-state index < -0.39 is 0 Å². The standard InChI is InChI=1S/C15H24N2/c1-4-12-5-6-15(17(2)3)14(11-12)13-7-9-16-10-8-13/h5-6,11,13,16H,4,7-10H2,1-3H3. The molecule has 2 nitrogen and oxygen atoms in total. The average molecular weight is 232 g/mol. The van der Waals surface area contributed by atoms with Gasteiger partial charge in [-0.15, -0.1) is 0 Å². The van der Waals surface area contributed by atoms with Crippen molar-refractivity contribution in [1.82, 2.24) is 5.32 Å². The summed E-state index contributed by atoms with van der Waals surface area (Å²) in [4.78, 5) is 2.25. The molecule has 0 spiro atoms. The molecule has 0 radical (unpaired) electrons. The molecule has 1 aliphatic heterocycles. The Morgan fingerprint density at radius 2 is 1.94 bits per heavy atom. The number of nitrogens with one attached hydrogen (secondary N) is 1. The van der Waals surface area contributed by atoms with Crippen LogP contribution in [-0.2, 0) is 6.42 Å². The van der Waals surface area contributed by atoms with E-state index in [1.807, 2.05) is 0 Å². The number of anilines is 1. The van der Waals surface area contributed by atoms with Crippen molar-refractivity contribution in [3.05, 3.63) is 29.3 Å². The van der Waals surface area contributed by atoms with Gasteiger partial charge in [0.1, 0.15) is 0 Å². The zero-order valence-electron chi connectivity index (χ0n) is 11.3. The number of nitrogens with zero attached hydrogens (tertiary/aromatic N) is 1. The Hall–Kier alpha value is -1.02. The number of hydrogen-bond acceptors (Lipinski definition) is 2. The van der Waals surface area contributed by atoms with Crippen molar-refractivity contribution in [3.8, 4) is 0 Å². The highest BCUT2D eigenvalue weighted by atomic mass is 15.1. The van der Waals surface area contributed by atoms with Crippen molar-refractivity contribution >= 4 is 5.69 Å². The Kier molecular flexibility index (Phi) is 4.06. The van der Waals surface area contributed by atoms with Gasteiger partial charge in [-0.25, -0.2) is 0 Å². The highest BCUT2D eigenvalue weighted by molar-refractivity contribution is 5.55. The van der Waals surface area contributed by atoms with Gasteiger partial charge in [-0.1, -0.05) is 19.1 Å². The predicted molar refractivity (Wildman–Crippen MR) is 75.0 cm³/mol. The third kappa shape index (κ3) is 2.81. The first-order valence-electron chi connectivity index (χ1n) is 6.73. The molecular formula is C15H24N2. The molecule has 0 amide bonds. The van der Waals surface area contributed by atoms with E-state index in [1.165, 1.54) is 24.1 Å². The fourth-order valence-corrected chi connectivity index (χ4v) is 2.69. The summed E-state index contributed by atoms with van der Waals surface area (Å²) in [6, 6.07) is 6.97. The van der Waals surface area contributed by atoms with Crippen molar-refractivity contribution in [2.24, 2.45) is 0 Å². The second kappa shape index (κ2) is 5.54. The van der Waals surface area contributed by atoms with Crippen LogP contribution in [0.5, 0.6) is 0 Å². The monoisotopic (exact) mass is 232 g/mol. The molecule has 94 valence electrons. The van der Waals surface area contributed by atoms with Crippen LogP contribution in [0.15, 0.2) is 18.2 Å². The molecule has 0 saturated carbocycles. The van der Waals surface area contributed by atoms with E-state index in [4.69, 9.17) is 0 Å². The van der Waals surface area contributed by atoms with Crippen molar-refractivity contribution in [2.45, 2.75) is 32.1 Å². The molecular weight excluding hydrogens is 208 g/mol. The summed E-state index contributed by atoms with van der Waals surface area (Å²) in [7, 11) is 4.29. The molecule has 1 fully saturated rings. The molecule has 0 atom stereocenters. The third-order valence-corrected chi connectivity index (χ3v) is 3.76. The highest BCUT2D eigenvalue weighted by Crippen LogP contribution is 2.33. The Morgan fingerprint density at radius 3 is 2.53 bits per heavy atom. The molecule has 2 heteroatoms. The Labute approximate surface area is 105 Å². The van der Waals surface area contributed by atoms with Gasteiger partial charge in [0.25, 0.3) is 0 Å². The van der Waals surface area contributed by atoms with Crippen LogP contribution < -0.4 is 10.2 Å². The second-order valence-electron chi connectivity index (χ2n) is 5.17. The van der Waals surface area contributed by atoms with E-state index in [0.717, 1.165) is 25.4 Å². The number of piperidine rings is 1. The predicted octanol–water partition coefficient (Wildman–Crippen LogP) is 2.78. The lowest BCUT2D eigenvalue weighted by atomic mass is 9.87. The first-order valence-corrected chi connectivity index (χ1v) is 6.73. The van der Waals surface area contributed by atoms with Crippen molar-refractivity contribution < 1.29 is 0 Å². The number of rotatable bonds is 3. The molecule has 1 aromatic rings. The summed E-state index contributed by atoms with van der Waals surface area (Å²) in [6.07, 6.45) is 3.67. The molecule has 0 aromatic heterocycles. The van der Waals surface area contributed by atoms with Gasteiger partial charge in [0.2, 0.25) is 0 Å². The molecule has 17 heavy (non-hydrogen) atoms. The summed E-state index contributed by atoms with van der Waals surface area (Å²) < 4.78 is 0. The van der Waals surface area contributed by atoms with E-state index in [0.29, 0.717) is 0 Å². The Morgan fingerprint density at radius 1 is 1.24 bits per heavy atom. The maximum Gasteiger partial charge on any atom is 0.0396 e. The zero-order chi connectivity index (χ0) is 12.3. The van der Waals surface area contributed by atoms with Crippen LogP contribution in [-0.4, -0.2) is 27.2 Å². The maximum absolute atomic E-state index is 3.45. The van der Waals surface area contributed by atoms with Crippen molar-refractivity contribution in [3.63, 3.8) is 0 Å². The van der Waals surface area contributed by atoms with Crippen LogP contribution in [0, 0.1) is 0 Å². The number of aryl methyl sites for hydroxylation is 1. The van der Waals surface area contributed by atoms with Crippen molar-refractivity contribution in [2.75, 3.05) is 32.1 Å². The van der Waals surface area contributed by atoms with Crippen LogP contribution in [0.2, 0.25) is 0 Å². The smallest absolute Gasteiger partial charge is 0.0396 e. The summed E-state index contributed by atoms with van der Waals surface area (Å²) in [6.45, 7) is 4.55. The summed E-state index contributed by atoms with van der Waals surface area (Å²) in [5.74, 6) is 0.736. The topological polar surface area (TPSA) is 15.3 Å². The van der Waals surface area contributed by atoms with E-state index in [2.05, 4.69) is 49.4 Å². The number of benzene rings is 1. The normalized spacial score (nSPS) is 17.1. The molecule has 1 aliphatic rings. The summed E-state index contributed by atoms with van der Waals surface area (Å²) >= 11 is 0. The maximum atomic E-state index is 3.45. The van der Waals surface area contributed by atoms with Gasteiger partial charge in [-0.3, -0.25) is 0 Å². The van der Waals surface area contributed by atoms with Gasteiger partial charge < -0.3 is 10.2 Å². The Balaban J connectivity index is 2.33. The first-order chi connectivity index (χ1) is 8.22. The second-order valence-corrected chi connectivity index (χ2v) is 5.17. The van der Waals surface area contributed by atoms with Gasteiger partial charge >= 0.3 is 0 Å². The molecule has 0 bridgehead atoms. The van der Waals surface area contributed by atoms with E-state index in [9.17, 15) is 0 Å². The van der Waals surface area contributed by atoms with Crippen LogP contribution >= 0.6 is 0 Å². The minimum absolute atomic E-state index is 0.736. The molecule has 0 aliphatic carbocycles. The highest BCUT2D eigenvalue weighted by Gasteiger charge is 2.19. The lowest BCUT2D eigenvalue weighted by Gasteiger charge is -2.28. The molecule has 1 heterocycles. The van der Waals surface area contributed by atoms with E-state index in [-0.39, 0.29) is 0 Å². The molecule has 1 aromatic carbocycles. The van der Waals surface area contributed by atoms with Gasteiger partial charge in [-0.05, 0) is 55.5 Å². The van der Waals surface area contributed by atoms with Crippen LogP contribution in [0.1, 0.15) is 36.8 Å². The fraction of sp³-hybridized carbons (Fsp3) is 0.600. The number of hydrogen-bond donors (Lipinski definition) is 1. The van der Waals surface area contributed by atoms with Gasteiger partial charge in [0, 0.05) is 19.8 Å². The van der Waals surface area contributed by atoms with Crippen LogP contribution in [0.25, 0.3) is 0 Å². The van der Waals surface area contributed by atoms with Crippen LogP contribution in [0.4, 0.5) is 5.69 Å². The molecule has 1 saturated heterocycles. The fourth-order valence-electron chi connectivity index (χ4n) is 2.69.